The second-order valence-electron chi connectivity index (χ2n) is 7.18. The van der Waals surface area contributed by atoms with E-state index in [9.17, 15) is 9.59 Å². The molecule has 0 spiro atoms. The van der Waals surface area contributed by atoms with Gasteiger partial charge < -0.3 is 4.74 Å². The molecule has 122 valence electrons. The SMILES string of the molecule is CC(=O)C1(SC2=Nc3ccccc3C2)C(=O)OC(C)(C)C1(C)C. The number of para-hydroxylation sites is 1. The van der Waals surface area contributed by atoms with Crippen molar-refractivity contribution in [3.05, 3.63) is 29.8 Å². The number of aliphatic imine (C=N–C) groups is 1. The van der Waals surface area contributed by atoms with Gasteiger partial charge in [-0.25, -0.2) is 4.99 Å². The van der Waals surface area contributed by atoms with Gasteiger partial charge in [-0.2, -0.15) is 0 Å². The number of nitrogens with zero attached hydrogens (tertiary/aromatic N) is 1. The molecule has 3 rings (SSSR count). The van der Waals surface area contributed by atoms with E-state index >= 15 is 0 Å². The molecule has 0 radical (unpaired) electrons. The van der Waals surface area contributed by atoms with E-state index in [-0.39, 0.29) is 5.78 Å². The predicted molar refractivity (Wildman–Crippen MR) is 92.2 cm³/mol. The molecule has 1 fully saturated rings. The van der Waals surface area contributed by atoms with Gasteiger partial charge in [0.25, 0.3) is 0 Å². The third-order valence-corrected chi connectivity index (χ3v) is 7.11. The van der Waals surface area contributed by atoms with Gasteiger partial charge in [0, 0.05) is 11.8 Å². The van der Waals surface area contributed by atoms with Crippen LogP contribution in [0.3, 0.4) is 0 Å². The average molecular weight is 331 g/mol. The van der Waals surface area contributed by atoms with Crippen LogP contribution >= 0.6 is 11.8 Å². The molecule has 0 aromatic heterocycles. The summed E-state index contributed by atoms with van der Waals surface area (Å²) in [5.41, 5.74) is 0.675. The van der Waals surface area contributed by atoms with Crippen molar-refractivity contribution in [3.63, 3.8) is 0 Å². The van der Waals surface area contributed by atoms with Crippen molar-refractivity contribution in [2.24, 2.45) is 10.4 Å². The van der Waals surface area contributed by atoms with E-state index < -0.39 is 21.7 Å². The van der Waals surface area contributed by atoms with E-state index in [1.54, 1.807) is 0 Å². The highest BCUT2D eigenvalue weighted by atomic mass is 32.2. The van der Waals surface area contributed by atoms with E-state index in [4.69, 9.17) is 4.74 Å². The zero-order valence-corrected chi connectivity index (χ0v) is 14.9. The van der Waals surface area contributed by atoms with E-state index in [2.05, 4.69) is 4.99 Å². The van der Waals surface area contributed by atoms with Crippen molar-refractivity contribution < 1.29 is 14.3 Å². The third-order valence-electron chi connectivity index (χ3n) is 5.37. The third kappa shape index (κ3) is 2.09. The molecule has 0 bridgehead atoms. The van der Waals surface area contributed by atoms with Gasteiger partial charge in [0.2, 0.25) is 0 Å². The van der Waals surface area contributed by atoms with E-state index in [0.717, 1.165) is 16.3 Å². The quantitative estimate of drug-likeness (QED) is 0.612. The molecule has 0 saturated carbocycles. The normalized spacial score (nSPS) is 27.3. The molecule has 23 heavy (non-hydrogen) atoms. The molecule has 0 amide bonds. The van der Waals surface area contributed by atoms with Crippen LogP contribution in [0.15, 0.2) is 29.3 Å². The van der Waals surface area contributed by atoms with Crippen LogP contribution in [-0.4, -0.2) is 27.1 Å². The number of ketones is 1. The number of hydrogen-bond donors (Lipinski definition) is 0. The summed E-state index contributed by atoms with van der Waals surface area (Å²) in [4.78, 5) is 29.9. The number of rotatable bonds is 2. The average Bonchev–Trinajstić information content (AvgIpc) is 2.90. The summed E-state index contributed by atoms with van der Waals surface area (Å²) in [6.45, 7) is 9.05. The van der Waals surface area contributed by atoms with Crippen LogP contribution in [0, 0.1) is 5.41 Å². The van der Waals surface area contributed by atoms with E-state index in [1.807, 2.05) is 52.0 Å². The summed E-state index contributed by atoms with van der Waals surface area (Å²) < 4.78 is 4.34. The molecule has 1 atom stereocenters. The number of esters is 1. The van der Waals surface area contributed by atoms with Crippen molar-refractivity contribution in [2.45, 2.75) is 51.4 Å². The van der Waals surface area contributed by atoms with Gasteiger partial charge in [-0.1, -0.05) is 43.8 Å². The molecule has 2 aliphatic rings. The number of Topliss-reactive ketones (excluding diaryl/α,β-unsaturated/α-hetero) is 1. The molecule has 1 unspecified atom stereocenters. The molecule has 5 heteroatoms. The molecule has 4 nitrogen and oxygen atoms in total. The van der Waals surface area contributed by atoms with Gasteiger partial charge in [-0.05, 0) is 32.4 Å². The molecular weight excluding hydrogens is 310 g/mol. The highest BCUT2D eigenvalue weighted by molar-refractivity contribution is 8.16. The Morgan fingerprint density at radius 3 is 2.39 bits per heavy atom. The van der Waals surface area contributed by atoms with Crippen molar-refractivity contribution in [1.29, 1.82) is 0 Å². The summed E-state index contributed by atoms with van der Waals surface area (Å²) in [5.74, 6) is -0.634. The predicted octanol–water partition coefficient (Wildman–Crippen LogP) is 3.70. The van der Waals surface area contributed by atoms with Crippen LogP contribution in [0.5, 0.6) is 0 Å². The summed E-state index contributed by atoms with van der Waals surface area (Å²) in [6, 6.07) is 7.88. The number of carbonyl (C=O) groups excluding carboxylic acids is 2. The largest absolute Gasteiger partial charge is 0.458 e. The lowest BCUT2D eigenvalue weighted by Crippen LogP contribution is -2.54. The van der Waals surface area contributed by atoms with Crippen LogP contribution in [0.1, 0.15) is 40.2 Å². The van der Waals surface area contributed by atoms with Gasteiger partial charge in [0.05, 0.1) is 10.7 Å². The van der Waals surface area contributed by atoms with Crippen molar-refractivity contribution in [3.8, 4) is 0 Å². The Hall–Kier alpha value is -1.62. The van der Waals surface area contributed by atoms with Crippen LogP contribution in [0.25, 0.3) is 0 Å². The van der Waals surface area contributed by atoms with Crippen molar-refractivity contribution >= 4 is 34.2 Å². The first kappa shape index (κ1) is 16.2. The maximum Gasteiger partial charge on any atom is 0.331 e. The topological polar surface area (TPSA) is 55.7 Å². The second kappa shape index (κ2) is 4.94. The fraction of sp³-hybridized carbons (Fsp3) is 0.500. The molecule has 1 saturated heterocycles. The molecule has 0 aliphatic carbocycles. The first-order valence-electron chi connectivity index (χ1n) is 7.71. The summed E-state index contributed by atoms with van der Waals surface area (Å²) in [7, 11) is 0. The Labute approximate surface area is 140 Å². The Bertz CT molecular complexity index is 736. The van der Waals surface area contributed by atoms with Gasteiger partial charge >= 0.3 is 5.97 Å². The fourth-order valence-electron chi connectivity index (χ4n) is 3.28. The van der Waals surface area contributed by atoms with Crippen LogP contribution in [-0.2, 0) is 20.7 Å². The number of fused-ring (bicyclic) bond motifs is 1. The Balaban J connectivity index is 2.02. The molecule has 0 N–H and O–H groups in total. The molecule has 2 heterocycles. The van der Waals surface area contributed by atoms with Crippen molar-refractivity contribution in [1.82, 2.24) is 0 Å². The highest BCUT2D eigenvalue weighted by Gasteiger charge is 2.70. The smallest absolute Gasteiger partial charge is 0.331 e. The maximum absolute atomic E-state index is 12.7. The van der Waals surface area contributed by atoms with Crippen molar-refractivity contribution in [2.75, 3.05) is 0 Å². The lowest BCUT2D eigenvalue weighted by Gasteiger charge is -2.40. The first-order chi connectivity index (χ1) is 10.6. The van der Waals surface area contributed by atoms with Crippen LogP contribution < -0.4 is 0 Å². The lowest BCUT2D eigenvalue weighted by molar-refractivity contribution is -0.149. The molecule has 1 aromatic carbocycles. The summed E-state index contributed by atoms with van der Waals surface area (Å²) in [6.07, 6.45) is 0.652. The molecule has 2 aliphatic heterocycles. The minimum Gasteiger partial charge on any atom is -0.458 e. The number of ether oxygens (including phenoxy) is 1. The summed E-state index contributed by atoms with van der Waals surface area (Å²) >= 11 is 1.27. The minimum absolute atomic E-state index is 0.179. The van der Waals surface area contributed by atoms with Gasteiger partial charge in [0.15, 0.2) is 10.5 Å². The Morgan fingerprint density at radius 1 is 1.22 bits per heavy atom. The van der Waals surface area contributed by atoms with E-state index in [1.165, 1.54) is 18.7 Å². The van der Waals surface area contributed by atoms with Crippen LogP contribution in [0.2, 0.25) is 0 Å². The first-order valence-corrected chi connectivity index (χ1v) is 8.52. The van der Waals surface area contributed by atoms with Gasteiger partial charge in [-0.3, -0.25) is 9.59 Å². The number of cyclic esters (lactones) is 1. The highest BCUT2D eigenvalue weighted by Crippen LogP contribution is 2.58. The number of hydrogen-bond acceptors (Lipinski definition) is 5. The Morgan fingerprint density at radius 2 is 1.87 bits per heavy atom. The molecular formula is C18H21NO3S. The van der Waals surface area contributed by atoms with Gasteiger partial charge in [-0.15, -0.1) is 0 Å². The minimum atomic E-state index is -1.25. The maximum atomic E-state index is 12.7. The number of thioether (sulfide) groups is 1. The van der Waals surface area contributed by atoms with E-state index in [0.29, 0.717) is 6.42 Å². The summed E-state index contributed by atoms with van der Waals surface area (Å²) in [5, 5.41) is 0.795. The Kier molecular flexibility index (Phi) is 3.49. The fourth-order valence-corrected chi connectivity index (χ4v) is 4.77. The zero-order chi connectivity index (χ0) is 17.0. The lowest BCUT2D eigenvalue weighted by atomic mass is 9.68. The standard InChI is InChI=1S/C18H21NO3S/c1-11(20)18(15(21)22-17(4,5)16(18,2)3)23-14-10-12-8-6-7-9-13(12)19-14/h6-9H,10H2,1-5H3. The van der Waals surface area contributed by atoms with Gasteiger partial charge in [0.1, 0.15) is 5.60 Å². The monoisotopic (exact) mass is 331 g/mol. The number of carbonyl (C=O) groups is 2. The molecule has 1 aromatic rings. The van der Waals surface area contributed by atoms with Crippen LogP contribution in [0.4, 0.5) is 5.69 Å². The second-order valence-corrected chi connectivity index (χ2v) is 8.46. The number of benzene rings is 1. The zero-order valence-electron chi connectivity index (χ0n) is 14.1.